The Labute approximate surface area is 157 Å². The van der Waals surface area contributed by atoms with E-state index in [1.54, 1.807) is 0 Å². The van der Waals surface area contributed by atoms with E-state index in [9.17, 15) is 31.4 Å². The van der Waals surface area contributed by atoms with Crippen LogP contribution in [-0.4, -0.2) is 5.11 Å². The minimum Gasteiger partial charge on any atom is -0.508 e. The quantitative estimate of drug-likeness (QED) is 0.358. The summed E-state index contributed by atoms with van der Waals surface area (Å²) in [5.41, 5.74) is -0.454. The van der Waals surface area contributed by atoms with Crippen LogP contribution >= 0.6 is 9.24 Å². The molecule has 0 heterocycles. The van der Waals surface area contributed by atoms with Gasteiger partial charge in [0.2, 0.25) is 0 Å². The molecule has 0 saturated carbocycles. The molecule has 0 aliphatic rings. The molecule has 0 spiro atoms. The molecular weight excluding hydrogens is 405 g/mol. The predicted octanol–water partition coefficient (Wildman–Crippen LogP) is 5.24. The Kier molecular flexibility index (Phi) is 5.26. The third-order valence-electron chi connectivity index (χ3n) is 3.82. The first-order valence-electron chi connectivity index (χ1n) is 7.69. The molecule has 0 amide bonds. The lowest BCUT2D eigenvalue weighted by Gasteiger charge is -2.21. The Bertz CT molecular complexity index is 991. The summed E-state index contributed by atoms with van der Waals surface area (Å²) < 4.78 is 87.0. The Morgan fingerprint density at radius 1 is 0.786 bits per heavy atom. The van der Waals surface area contributed by atoms with Crippen molar-refractivity contribution in [1.82, 2.24) is 0 Å². The van der Waals surface area contributed by atoms with Crippen LogP contribution in [0.3, 0.4) is 0 Å². The van der Waals surface area contributed by atoms with Crippen LogP contribution in [0.4, 0.5) is 26.3 Å². The molecule has 0 saturated heterocycles. The van der Waals surface area contributed by atoms with Gasteiger partial charge in [0.15, 0.2) is 17.5 Å². The lowest BCUT2D eigenvalue weighted by molar-refractivity contribution is -0.186. The lowest BCUT2D eigenvalue weighted by atomic mass is 10.0. The fraction of sp³-hybridized carbons (Fsp3) is 0.0526. The SMILES string of the molecule is Oc1ccc(-c2cc(F)c(C(F)(F)Oc3cc(F)c(F)c(F)c3)c(P)c2)cc1. The van der Waals surface area contributed by atoms with Crippen LogP contribution in [0.25, 0.3) is 11.1 Å². The lowest BCUT2D eigenvalue weighted by Crippen LogP contribution is -2.29. The molecule has 0 aliphatic carbocycles. The number of phenolic OH excluding ortho intramolecular Hbond substituents is 1. The molecule has 3 aromatic carbocycles. The normalized spacial score (nSPS) is 11.5. The topological polar surface area (TPSA) is 29.5 Å². The molecular formula is C19H11F6O2P. The Balaban J connectivity index is 1.99. The van der Waals surface area contributed by atoms with E-state index in [1.807, 2.05) is 9.24 Å². The zero-order valence-electron chi connectivity index (χ0n) is 13.8. The van der Waals surface area contributed by atoms with Crippen molar-refractivity contribution in [3.63, 3.8) is 0 Å². The molecule has 3 rings (SSSR count). The number of rotatable bonds is 4. The molecule has 28 heavy (non-hydrogen) atoms. The summed E-state index contributed by atoms with van der Waals surface area (Å²) in [6.07, 6.45) is -4.30. The van der Waals surface area contributed by atoms with E-state index in [1.165, 1.54) is 30.3 Å². The molecule has 0 aromatic heterocycles. The van der Waals surface area contributed by atoms with Crippen molar-refractivity contribution in [1.29, 1.82) is 0 Å². The third kappa shape index (κ3) is 3.92. The molecule has 1 unspecified atom stereocenters. The summed E-state index contributed by atoms with van der Waals surface area (Å²) in [5.74, 6) is -7.64. The molecule has 1 N–H and O–H groups in total. The van der Waals surface area contributed by atoms with Gasteiger partial charge in [0.05, 0.1) is 0 Å². The van der Waals surface area contributed by atoms with Crippen LogP contribution in [0.15, 0.2) is 48.5 Å². The molecule has 9 heteroatoms. The van der Waals surface area contributed by atoms with Gasteiger partial charge in [-0.1, -0.05) is 12.1 Å². The number of halogens is 6. The molecule has 0 fully saturated rings. The van der Waals surface area contributed by atoms with E-state index in [0.29, 0.717) is 5.56 Å². The summed E-state index contributed by atoms with van der Waals surface area (Å²) in [4.78, 5) is 0. The van der Waals surface area contributed by atoms with Gasteiger partial charge in [-0.25, -0.2) is 17.6 Å². The minimum atomic E-state index is -4.30. The number of hydrogen-bond acceptors (Lipinski definition) is 2. The van der Waals surface area contributed by atoms with Gasteiger partial charge < -0.3 is 9.84 Å². The fourth-order valence-corrected chi connectivity index (χ4v) is 3.03. The first-order valence-corrected chi connectivity index (χ1v) is 8.26. The van der Waals surface area contributed by atoms with E-state index in [0.717, 1.165) is 6.07 Å². The summed E-state index contributed by atoms with van der Waals surface area (Å²) in [6, 6.07) is 8.16. The summed E-state index contributed by atoms with van der Waals surface area (Å²) in [5, 5.41) is 9.02. The van der Waals surface area contributed by atoms with Gasteiger partial charge in [-0.2, -0.15) is 8.78 Å². The molecule has 1 atom stereocenters. The van der Waals surface area contributed by atoms with Crippen molar-refractivity contribution in [2.75, 3.05) is 0 Å². The molecule has 0 aliphatic heterocycles. The van der Waals surface area contributed by atoms with Crippen LogP contribution < -0.4 is 10.0 Å². The second kappa shape index (κ2) is 7.36. The zero-order chi connectivity index (χ0) is 20.6. The van der Waals surface area contributed by atoms with Crippen LogP contribution in [0.2, 0.25) is 0 Å². The number of phenols is 1. The monoisotopic (exact) mass is 416 g/mol. The Morgan fingerprint density at radius 3 is 1.89 bits per heavy atom. The predicted molar refractivity (Wildman–Crippen MR) is 93.7 cm³/mol. The molecule has 2 nitrogen and oxygen atoms in total. The largest absolute Gasteiger partial charge is 0.508 e. The molecule has 0 bridgehead atoms. The van der Waals surface area contributed by atoms with E-state index in [4.69, 9.17) is 0 Å². The van der Waals surface area contributed by atoms with Gasteiger partial charge in [-0.05, 0) is 40.7 Å². The third-order valence-corrected chi connectivity index (χ3v) is 4.27. The van der Waals surface area contributed by atoms with E-state index < -0.39 is 40.7 Å². The highest BCUT2D eigenvalue weighted by molar-refractivity contribution is 7.27. The second-order valence-corrected chi connectivity index (χ2v) is 6.41. The van der Waals surface area contributed by atoms with Crippen LogP contribution in [0.1, 0.15) is 5.56 Å². The van der Waals surface area contributed by atoms with Gasteiger partial charge in [0.25, 0.3) is 0 Å². The van der Waals surface area contributed by atoms with Gasteiger partial charge in [0, 0.05) is 12.1 Å². The summed E-state index contributed by atoms with van der Waals surface area (Å²) in [7, 11) is 1.94. The fourth-order valence-electron chi connectivity index (χ4n) is 2.55. The highest BCUT2D eigenvalue weighted by Crippen LogP contribution is 2.35. The van der Waals surface area contributed by atoms with Gasteiger partial charge in [-0.3, -0.25) is 0 Å². The molecule has 3 aromatic rings. The Hall–Kier alpha value is -2.73. The smallest absolute Gasteiger partial charge is 0.430 e. The minimum absolute atomic E-state index is 0.0226. The molecule has 146 valence electrons. The van der Waals surface area contributed by atoms with Crippen molar-refractivity contribution in [2.24, 2.45) is 0 Å². The first-order chi connectivity index (χ1) is 13.1. The van der Waals surface area contributed by atoms with Crippen molar-refractivity contribution in [2.45, 2.75) is 6.11 Å². The van der Waals surface area contributed by atoms with Crippen molar-refractivity contribution >= 4 is 14.5 Å². The summed E-state index contributed by atoms with van der Waals surface area (Å²) in [6.45, 7) is 0. The van der Waals surface area contributed by atoms with Crippen LogP contribution in [0.5, 0.6) is 11.5 Å². The maximum atomic E-state index is 14.5. The Morgan fingerprint density at radius 2 is 1.36 bits per heavy atom. The van der Waals surface area contributed by atoms with Crippen molar-refractivity contribution in [3.8, 4) is 22.6 Å². The second-order valence-electron chi connectivity index (χ2n) is 5.79. The zero-order valence-corrected chi connectivity index (χ0v) is 15.0. The maximum absolute atomic E-state index is 14.5. The highest BCUT2D eigenvalue weighted by atomic mass is 31.0. The van der Waals surface area contributed by atoms with E-state index >= 15 is 0 Å². The highest BCUT2D eigenvalue weighted by Gasteiger charge is 2.40. The number of hydrogen-bond donors (Lipinski definition) is 1. The standard InChI is InChI=1S/C19H11F6O2P/c20-13-5-10(9-1-3-11(26)4-2-9)6-16(28)17(13)19(24,25)27-12-7-14(21)18(23)15(22)8-12/h1-8,26H,28H2. The average Bonchev–Trinajstić information content (AvgIpc) is 2.59. The maximum Gasteiger partial charge on any atom is 0.430 e. The van der Waals surface area contributed by atoms with Crippen LogP contribution in [0, 0.1) is 23.3 Å². The van der Waals surface area contributed by atoms with E-state index in [2.05, 4.69) is 4.74 Å². The van der Waals surface area contributed by atoms with Crippen molar-refractivity contribution < 1.29 is 36.2 Å². The first kappa shape index (κ1) is 20.0. The average molecular weight is 416 g/mol. The number of ether oxygens (including phenoxy) is 1. The summed E-state index contributed by atoms with van der Waals surface area (Å²) >= 11 is 0. The number of benzene rings is 3. The van der Waals surface area contributed by atoms with Gasteiger partial charge in [-0.15, -0.1) is 9.24 Å². The van der Waals surface area contributed by atoms with Crippen molar-refractivity contribution in [3.05, 3.63) is 77.4 Å². The van der Waals surface area contributed by atoms with E-state index in [-0.39, 0.29) is 28.8 Å². The van der Waals surface area contributed by atoms with Crippen LogP contribution in [-0.2, 0) is 6.11 Å². The number of alkyl halides is 2. The van der Waals surface area contributed by atoms with Gasteiger partial charge in [0.1, 0.15) is 22.9 Å². The number of aromatic hydroxyl groups is 1. The van der Waals surface area contributed by atoms with Gasteiger partial charge >= 0.3 is 6.11 Å². The molecule has 0 radical (unpaired) electrons.